The van der Waals surface area contributed by atoms with Gasteiger partial charge in [-0.2, -0.15) is 0 Å². The second-order valence-electron chi connectivity index (χ2n) is 4.78. The van der Waals surface area contributed by atoms with Crippen LogP contribution in [0.3, 0.4) is 0 Å². The molecule has 0 aromatic carbocycles. The van der Waals surface area contributed by atoms with Crippen molar-refractivity contribution in [3.63, 3.8) is 0 Å². The molecule has 0 radical (unpaired) electrons. The van der Waals surface area contributed by atoms with Crippen molar-refractivity contribution in [2.75, 3.05) is 6.54 Å². The van der Waals surface area contributed by atoms with E-state index in [0.29, 0.717) is 18.5 Å². The van der Waals surface area contributed by atoms with Gasteiger partial charge in [-0.3, -0.25) is 9.78 Å². The molecule has 16 heavy (non-hydrogen) atoms. The van der Waals surface area contributed by atoms with E-state index in [4.69, 9.17) is 5.73 Å². The molecule has 1 amide bonds. The molecule has 0 saturated carbocycles. The van der Waals surface area contributed by atoms with Crippen LogP contribution in [0.5, 0.6) is 0 Å². The van der Waals surface area contributed by atoms with Crippen LogP contribution in [-0.2, 0) is 6.42 Å². The number of nitrogens with zero attached hydrogens (tertiary/aromatic N) is 1. The standard InChI is InChI=1S/C12H19N3O/c1-12(2,3)15-11(16)9-5-7-14-10(8-9)4-6-13/h5,7-8H,4,6,13H2,1-3H3,(H,15,16). The van der Waals surface area contributed by atoms with Gasteiger partial charge >= 0.3 is 0 Å². The van der Waals surface area contributed by atoms with Crippen molar-refractivity contribution in [1.82, 2.24) is 10.3 Å². The molecule has 1 heterocycles. The maximum absolute atomic E-state index is 11.8. The molecule has 0 atom stereocenters. The highest BCUT2D eigenvalue weighted by molar-refractivity contribution is 5.94. The SMILES string of the molecule is CC(C)(C)NC(=O)c1ccnc(CCN)c1. The average Bonchev–Trinajstić information content (AvgIpc) is 2.16. The summed E-state index contributed by atoms with van der Waals surface area (Å²) in [4.78, 5) is 16.0. The summed E-state index contributed by atoms with van der Waals surface area (Å²) in [5.74, 6) is -0.0758. The monoisotopic (exact) mass is 221 g/mol. The number of rotatable bonds is 3. The first kappa shape index (κ1) is 12.6. The number of pyridine rings is 1. The molecule has 1 aromatic rings. The van der Waals surface area contributed by atoms with Gasteiger partial charge in [-0.05, 0) is 39.4 Å². The Balaban J connectivity index is 2.79. The third-order valence-corrected chi connectivity index (χ3v) is 1.97. The number of nitrogens with two attached hydrogens (primary N) is 1. The number of carbonyl (C=O) groups is 1. The molecule has 0 aliphatic heterocycles. The van der Waals surface area contributed by atoms with Crippen LogP contribution in [0.1, 0.15) is 36.8 Å². The third-order valence-electron chi connectivity index (χ3n) is 1.97. The van der Waals surface area contributed by atoms with Gasteiger partial charge in [0.2, 0.25) is 0 Å². The Labute approximate surface area is 96.3 Å². The van der Waals surface area contributed by atoms with Crippen LogP contribution in [0.2, 0.25) is 0 Å². The number of amides is 1. The molecule has 1 rings (SSSR count). The number of hydrogen-bond acceptors (Lipinski definition) is 3. The van der Waals surface area contributed by atoms with E-state index >= 15 is 0 Å². The van der Waals surface area contributed by atoms with Crippen LogP contribution >= 0.6 is 0 Å². The number of carbonyl (C=O) groups excluding carboxylic acids is 1. The molecule has 0 saturated heterocycles. The summed E-state index contributed by atoms with van der Waals surface area (Å²) in [5, 5.41) is 2.91. The summed E-state index contributed by atoms with van der Waals surface area (Å²) in [6.45, 7) is 6.39. The summed E-state index contributed by atoms with van der Waals surface area (Å²) in [7, 11) is 0. The molecule has 1 aromatic heterocycles. The van der Waals surface area contributed by atoms with Crippen LogP contribution in [0.25, 0.3) is 0 Å². The zero-order chi connectivity index (χ0) is 12.2. The first-order valence-electron chi connectivity index (χ1n) is 5.40. The van der Waals surface area contributed by atoms with Crippen molar-refractivity contribution < 1.29 is 4.79 Å². The molecular formula is C12H19N3O. The Hall–Kier alpha value is -1.42. The summed E-state index contributed by atoms with van der Waals surface area (Å²) in [5.41, 5.74) is 6.70. The smallest absolute Gasteiger partial charge is 0.251 e. The average molecular weight is 221 g/mol. The zero-order valence-corrected chi connectivity index (χ0v) is 10.1. The van der Waals surface area contributed by atoms with Gasteiger partial charge in [-0.25, -0.2) is 0 Å². The van der Waals surface area contributed by atoms with E-state index in [9.17, 15) is 4.79 Å². The van der Waals surface area contributed by atoms with Crippen molar-refractivity contribution >= 4 is 5.91 Å². The number of nitrogens with one attached hydrogen (secondary N) is 1. The highest BCUT2D eigenvalue weighted by atomic mass is 16.1. The topological polar surface area (TPSA) is 68.0 Å². The molecule has 88 valence electrons. The van der Waals surface area contributed by atoms with Gasteiger partial charge in [0.25, 0.3) is 5.91 Å². The first-order valence-corrected chi connectivity index (χ1v) is 5.40. The van der Waals surface area contributed by atoms with Crippen molar-refractivity contribution in [2.45, 2.75) is 32.7 Å². The third kappa shape index (κ3) is 3.98. The van der Waals surface area contributed by atoms with Crippen LogP contribution < -0.4 is 11.1 Å². The van der Waals surface area contributed by atoms with E-state index in [0.717, 1.165) is 5.69 Å². The number of aromatic nitrogens is 1. The van der Waals surface area contributed by atoms with Gasteiger partial charge in [-0.1, -0.05) is 0 Å². The summed E-state index contributed by atoms with van der Waals surface area (Å²) in [6.07, 6.45) is 2.33. The summed E-state index contributed by atoms with van der Waals surface area (Å²) < 4.78 is 0. The van der Waals surface area contributed by atoms with Crippen LogP contribution in [0.15, 0.2) is 18.3 Å². The minimum absolute atomic E-state index is 0.0758. The summed E-state index contributed by atoms with van der Waals surface area (Å²) in [6, 6.07) is 3.50. The predicted molar refractivity (Wildman–Crippen MR) is 64.2 cm³/mol. The van der Waals surface area contributed by atoms with Gasteiger partial charge in [-0.15, -0.1) is 0 Å². The Morgan fingerprint density at radius 3 is 2.75 bits per heavy atom. The maximum Gasteiger partial charge on any atom is 0.251 e. The minimum atomic E-state index is -0.228. The molecule has 0 aliphatic carbocycles. The van der Waals surface area contributed by atoms with Crippen LogP contribution in [0, 0.1) is 0 Å². The molecule has 3 N–H and O–H groups in total. The Kier molecular flexibility index (Phi) is 4.01. The lowest BCUT2D eigenvalue weighted by Gasteiger charge is -2.20. The van der Waals surface area contributed by atoms with E-state index in [1.165, 1.54) is 0 Å². The molecule has 0 unspecified atom stereocenters. The highest BCUT2D eigenvalue weighted by Gasteiger charge is 2.15. The van der Waals surface area contributed by atoms with Crippen molar-refractivity contribution in [3.8, 4) is 0 Å². The van der Waals surface area contributed by atoms with E-state index < -0.39 is 0 Å². The van der Waals surface area contributed by atoms with E-state index in [1.807, 2.05) is 20.8 Å². The largest absolute Gasteiger partial charge is 0.347 e. The highest BCUT2D eigenvalue weighted by Crippen LogP contribution is 2.06. The van der Waals surface area contributed by atoms with Crippen molar-refractivity contribution in [3.05, 3.63) is 29.6 Å². The van der Waals surface area contributed by atoms with Gasteiger partial charge in [0, 0.05) is 29.4 Å². The molecule has 4 nitrogen and oxygen atoms in total. The van der Waals surface area contributed by atoms with Gasteiger partial charge in [0.15, 0.2) is 0 Å². The van der Waals surface area contributed by atoms with Gasteiger partial charge in [0.1, 0.15) is 0 Å². The number of hydrogen-bond donors (Lipinski definition) is 2. The maximum atomic E-state index is 11.8. The van der Waals surface area contributed by atoms with Crippen LogP contribution in [0.4, 0.5) is 0 Å². The fourth-order valence-corrected chi connectivity index (χ4v) is 1.32. The summed E-state index contributed by atoms with van der Waals surface area (Å²) >= 11 is 0. The first-order chi connectivity index (χ1) is 7.42. The van der Waals surface area contributed by atoms with E-state index in [1.54, 1.807) is 18.3 Å². The molecule has 0 spiro atoms. The second kappa shape index (κ2) is 5.07. The van der Waals surface area contributed by atoms with Crippen LogP contribution in [-0.4, -0.2) is 23.0 Å². The molecule has 4 heteroatoms. The van der Waals surface area contributed by atoms with Crippen molar-refractivity contribution in [2.24, 2.45) is 5.73 Å². The fourth-order valence-electron chi connectivity index (χ4n) is 1.32. The zero-order valence-electron chi connectivity index (χ0n) is 10.1. The predicted octanol–water partition coefficient (Wildman–Crippen LogP) is 1.11. The molecule has 0 bridgehead atoms. The van der Waals surface area contributed by atoms with Gasteiger partial charge in [0.05, 0.1) is 0 Å². The van der Waals surface area contributed by atoms with Crippen molar-refractivity contribution in [1.29, 1.82) is 0 Å². The quantitative estimate of drug-likeness (QED) is 0.803. The Morgan fingerprint density at radius 1 is 1.50 bits per heavy atom. The lowest BCUT2D eigenvalue weighted by Crippen LogP contribution is -2.40. The minimum Gasteiger partial charge on any atom is -0.347 e. The fraction of sp³-hybridized carbons (Fsp3) is 0.500. The van der Waals surface area contributed by atoms with E-state index in [2.05, 4.69) is 10.3 Å². The lowest BCUT2D eigenvalue weighted by atomic mass is 10.1. The molecule has 0 fully saturated rings. The molecule has 0 aliphatic rings. The Morgan fingerprint density at radius 2 is 2.19 bits per heavy atom. The second-order valence-corrected chi connectivity index (χ2v) is 4.78. The van der Waals surface area contributed by atoms with Gasteiger partial charge < -0.3 is 11.1 Å². The normalized spacial score (nSPS) is 11.2. The lowest BCUT2D eigenvalue weighted by molar-refractivity contribution is 0.0919. The van der Waals surface area contributed by atoms with E-state index in [-0.39, 0.29) is 11.4 Å². The molecular weight excluding hydrogens is 202 g/mol. The Bertz CT molecular complexity index is 369.